The van der Waals surface area contributed by atoms with Crippen LogP contribution >= 0.6 is 31.9 Å². The topological polar surface area (TPSA) is 66.9 Å². The molecule has 8 aromatic rings. The van der Waals surface area contributed by atoms with E-state index < -0.39 is 10.0 Å². The third-order valence-electron chi connectivity index (χ3n) is 10.8. The molecule has 0 spiro atoms. The molecule has 5 nitrogen and oxygen atoms in total. The second-order valence-electron chi connectivity index (χ2n) is 13.9. The van der Waals surface area contributed by atoms with Gasteiger partial charge in [0.1, 0.15) is 0 Å². The number of para-hydroxylation sites is 1. The first-order valence-corrected chi connectivity index (χ1v) is 20.4. The van der Waals surface area contributed by atoms with Crippen molar-refractivity contribution in [3.63, 3.8) is 0 Å². The van der Waals surface area contributed by atoms with E-state index in [0.29, 0.717) is 11.2 Å². The summed E-state index contributed by atoms with van der Waals surface area (Å²) in [4.78, 5) is 3.87. The van der Waals surface area contributed by atoms with E-state index in [1.54, 1.807) is 16.1 Å². The fourth-order valence-corrected chi connectivity index (χ4v) is 11.1. The molecule has 0 saturated carbocycles. The maximum Gasteiger partial charge on any atom is 0.268 e. The van der Waals surface area contributed by atoms with Gasteiger partial charge in [-0.25, -0.2) is 12.4 Å². The number of rotatable bonds is 6. The van der Waals surface area contributed by atoms with Crippen LogP contribution in [-0.4, -0.2) is 17.4 Å². The van der Waals surface area contributed by atoms with E-state index in [4.69, 9.17) is 0 Å². The van der Waals surface area contributed by atoms with Crippen molar-refractivity contribution < 1.29 is 8.42 Å². The number of halogens is 2. The summed E-state index contributed by atoms with van der Waals surface area (Å²) < 4.78 is 32.8. The molecule has 0 amide bonds. The van der Waals surface area contributed by atoms with Crippen molar-refractivity contribution in [3.8, 4) is 0 Å². The predicted octanol–water partition coefficient (Wildman–Crippen LogP) is 11.8. The van der Waals surface area contributed by atoms with Crippen LogP contribution in [0.1, 0.15) is 45.5 Å². The highest BCUT2D eigenvalue weighted by molar-refractivity contribution is 9.11. The Labute approximate surface area is 320 Å². The molecule has 9 rings (SSSR count). The number of H-pyrrole nitrogens is 1. The van der Waals surface area contributed by atoms with Crippen molar-refractivity contribution in [1.82, 2.24) is 8.96 Å². The van der Waals surface area contributed by atoms with E-state index in [2.05, 4.69) is 133 Å². The SMILES string of the molecule is Cc1ccc(S(=O)(=O)n2c(C)c([C@H]3Nc4ccc5cc(Br)ccc5c4[C@@H](c4c[nH]c5cccc(Br)c45)[C@@H]3Cc3ccccc3)c3ccccc32)cc1. The van der Waals surface area contributed by atoms with Gasteiger partial charge < -0.3 is 10.3 Å². The highest BCUT2D eigenvalue weighted by Crippen LogP contribution is 2.55. The smallest absolute Gasteiger partial charge is 0.268 e. The summed E-state index contributed by atoms with van der Waals surface area (Å²) in [6.45, 7) is 3.93. The zero-order valence-corrected chi connectivity index (χ0v) is 32.6. The number of benzene rings is 6. The normalized spacial score (nSPS) is 17.4. The first kappa shape index (κ1) is 33.2. The van der Waals surface area contributed by atoms with Crippen molar-refractivity contribution in [2.45, 2.75) is 37.1 Å². The zero-order chi connectivity index (χ0) is 35.7. The molecule has 3 atom stereocenters. The standard InChI is InChI=1S/C44H35Br2N3O2S/c1-26-15-19-31(20-16-26)52(50,51)49-27(2)40(33-11-6-7-14-39(33)49)44-34(23-28-9-4-3-5-10-28)41(35-25-47-37-13-8-12-36(46)42(35)37)43-32-21-18-30(45)24-29(32)17-22-38(43)48-44/h3-22,24-25,34,41,44,47-48H,23H2,1-2H3/t34-,41+,44-/m0/s1. The number of anilines is 1. The van der Waals surface area contributed by atoms with Crippen LogP contribution in [0.2, 0.25) is 0 Å². The van der Waals surface area contributed by atoms with Crippen molar-refractivity contribution >= 4 is 80.1 Å². The Morgan fingerprint density at radius 1 is 0.750 bits per heavy atom. The largest absolute Gasteiger partial charge is 0.378 e. The van der Waals surface area contributed by atoms with Crippen LogP contribution < -0.4 is 5.32 Å². The lowest BCUT2D eigenvalue weighted by molar-refractivity contribution is 0.393. The maximum absolute atomic E-state index is 14.6. The summed E-state index contributed by atoms with van der Waals surface area (Å²) in [5.41, 5.74) is 9.19. The molecule has 2 aromatic heterocycles. The van der Waals surface area contributed by atoms with Gasteiger partial charge in [0.15, 0.2) is 0 Å². The molecule has 0 fully saturated rings. The molecule has 2 N–H and O–H groups in total. The number of hydrogen-bond donors (Lipinski definition) is 2. The summed E-state index contributed by atoms with van der Waals surface area (Å²) in [6.07, 6.45) is 2.94. The first-order valence-electron chi connectivity index (χ1n) is 17.4. The zero-order valence-electron chi connectivity index (χ0n) is 28.6. The number of aromatic amines is 1. The van der Waals surface area contributed by atoms with E-state index in [0.717, 1.165) is 53.9 Å². The Morgan fingerprint density at radius 3 is 2.33 bits per heavy atom. The lowest BCUT2D eigenvalue weighted by Crippen LogP contribution is -2.34. The lowest BCUT2D eigenvalue weighted by Gasteiger charge is -2.42. The molecule has 52 heavy (non-hydrogen) atoms. The summed E-state index contributed by atoms with van der Waals surface area (Å²) in [5.74, 6) is -0.0794. The Morgan fingerprint density at radius 2 is 1.52 bits per heavy atom. The molecule has 1 aliphatic heterocycles. The number of nitrogens with zero attached hydrogens (tertiary/aromatic N) is 1. The van der Waals surface area contributed by atoms with Gasteiger partial charge in [-0.1, -0.05) is 116 Å². The summed E-state index contributed by atoms with van der Waals surface area (Å²) in [6, 6.07) is 42.7. The van der Waals surface area contributed by atoms with Crippen molar-refractivity contribution in [2.75, 3.05) is 5.32 Å². The van der Waals surface area contributed by atoms with Crippen LogP contribution in [0.3, 0.4) is 0 Å². The average molecular weight is 830 g/mol. The van der Waals surface area contributed by atoms with E-state index in [-0.39, 0.29) is 22.8 Å². The molecule has 3 heterocycles. The van der Waals surface area contributed by atoms with Gasteiger partial charge in [0.25, 0.3) is 10.0 Å². The molecular formula is C44H35Br2N3O2S. The van der Waals surface area contributed by atoms with E-state index in [1.807, 2.05) is 44.2 Å². The first-order chi connectivity index (χ1) is 25.2. The van der Waals surface area contributed by atoms with Crippen LogP contribution in [0.25, 0.3) is 32.6 Å². The second-order valence-corrected chi connectivity index (χ2v) is 17.4. The molecule has 0 aliphatic carbocycles. The van der Waals surface area contributed by atoms with Gasteiger partial charge in [-0.05, 0) is 102 Å². The fourth-order valence-electron chi connectivity index (χ4n) is 8.55. The number of aromatic nitrogens is 2. The molecule has 8 heteroatoms. The monoisotopic (exact) mass is 827 g/mol. The van der Waals surface area contributed by atoms with E-state index in [1.165, 1.54) is 22.1 Å². The van der Waals surface area contributed by atoms with E-state index >= 15 is 0 Å². The molecule has 1 aliphatic rings. The van der Waals surface area contributed by atoms with Crippen molar-refractivity contribution in [2.24, 2.45) is 5.92 Å². The van der Waals surface area contributed by atoms with Crippen LogP contribution in [0.15, 0.2) is 147 Å². The summed E-state index contributed by atoms with van der Waals surface area (Å²) >= 11 is 7.64. The van der Waals surface area contributed by atoms with Gasteiger partial charge in [0, 0.05) is 54.3 Å². The minimum absolute atomic E-state index is 0.0183. The lowest BCUT2D eigenvalue weighted by atomic mass is 9.68. The van der Waals surface area contributed by atoms with Crippen molar-refractivity contribution in [3.05, 3.63) is 176 Å². The minimum atomic E-state index is -3.92. The molecular weight excluding hydrogens is 794 g/mol. The van der Waals surface area contributed by atoms with Gasteiger partial charge in [0.2, 0.25) is 0 Å². The van der Waals surface area contributed by atoms with E-state index in [9.17, 15) is 8.42 Å². The Bertz CT molecular complexity index is 2770. The molecule has 0 bridgehead atoms. The fraction of sp³-hybridized carbons (Fsp3) is 0.136. The number of aryl methyl sites for hydroxylation is 1. The van der Waals surface area contributed by atoms with Crippen LogP contribution in [0, 0.1) is 19.8 Å². The molecule has 6 aromatic carbocycles. The Balaban J connectivity index is 1.36. The Hall–Kier alpha value is -4.63. The number of hydrogen-bond acceptors (Lipinski definition) is 3. The number of fused-ring (bicyclic) bond motifs is 5. The average Bonchev–Trinajstić information content (AvgIpc) is 3.71. The predicted molar refractivity (Wildman–Crippen MR) is 220 cm³/mol. The Kier molecular flexibility index (Phi) is 8.17. The third-order valence-corrected chi connectivity index (χ3v) is 13.8. The highest BCUT2D eigenvalue weighted by Gasteiger charge is 2.43. The van der Waals surface area contributed by atoms with Crippen LogP contribution in [-0.2, 0) is 16.4 Å². The van der Waals surface area contributed by atoms with Gasteiger partial charge in [0.05, 0.1) is 16.5 Å². The number of nitrogens with one attached hydrogen (secondary N) is 2. The van der Waals surface area contributed by atoms with Crippen LogP contribution in [0.4, 0.5) is 5.69 Å². The molecule has 258 valence electrons. The van der Waals surface area contributed by atoms with Gasteiger partial charge >= 0.3 is 0 Å². The van der Waals surface area contributed by atoms with Gasteiger partial charge in [-0.15, -0.1) is 0 Å². The quantitative estimate of drug-likeness (QED) is 0.175. The van der Waals surface area contributed by atoms with Crippen LogP contribution in [0.5, 0.6) is 0 Å². The minimum Gasteiger partial charge on any atom is -0.378 e. The van der Waals surface area contributed by atoms with Gasteiger partial charge in [-0.3, -0.25) is 0 Å². The summed E-state index contributed by atoms with van der Waals surface area (Å²) in [5, 5.41) is 8.49. The summed E-state index contributed by atoms with van der Waals surface area (Å²) in [7, 11) is -3.92. The molecule has 0 radical (unpaired) electrons. The molecule has 0 saturated heterocycles. The maximum atomic E-state index is 14.6. The molecule has 0 unspecified atom stereocenters. The van der Waals surface area contributed by atoms with Crippen molar-refractivity contribution in [1.29, 1.82) is 0 Å². The van der Waals surface area contributed by atoms with Gasteiger partial charge in [-0.2, -0.15) is 0 Å². The highest BCUT2D eigenvalue weighted by atomic mass is 79.9. The third kappa shape index (κ3) is 5.34. The second kappa shape index (κ2) is 12.8.